The van der Waals surface area contributed by atoms with E-state index >= 15 is 0 Å². The van der Waals surface area contributed by atoms with Crippen molar-refractivity contribution in [2.24, 2.45) is 11.8 Å². The summed E-state index contributed by atoms with van der Waals surface area (Å²) in [5.74, 6) is 1.45. The fourth-order valence-corrected chi connectivity index (χ4v) is 4.94. The number of hydrogen-bond donors (Lipinski definition) is 0. The van der Waals surface area contributed by atoms with Crippen molar-refractivity contribution in [3.05, 3.63) is 0 Å². The molecule has 6 unspecified atom stereocenters. The minimum Gasteiger partial charge on any atom is -0.353 e. The van der Waals surface area contributed by atoms with Gasteiger partial charge in [-0.15, -0.1) is 0 Å². The number of alkyl halides is 2. The summed E-state index contributed by atoms with van der Waals surface area (Å²) in [6, 6.07) is 0. The van der Waals surface area contributed by atoms with E-state index in [2.05, 4.69) is 73.4 Å². The number of rotatable bonds is 20. The van der Waals surface area contributed by atoms with Gasteiger partial charge < -0.3 is 14.2 Å². The topological polar surface area (TPSA) is 27.7 Å². The van der Waals surface area contributed by atoms with Crippen molar-refractivity contribution in [2.45, 2.75) is 128 Å². The molecule has 0 rings (SSSR count). The van der Waals surface area contributed by atoms with Crippen molar-refractivity contribution in [1.82, 2.24) is 0 Å². The fraction of sp³-hybridized carbons (Fsp3) is 1.00. The van der Waals surface area contributed by atoms with Crippen molar-refractivity contribution < 1.29 is 14.2 Å². The van der Waals surface area contributed by atoms with Crippen LogP contribution in [0, 0.1) is 11.8 Å². The lowest BCUT2D eigenvalue weighted by Crippen LogP contribution is -2.28. The van der Waals surface area contributed by atoms with Gasteiger partial charge in [0.25, 0.3) is 0 Å². The van der Waals surface area contributed by atoms with E-state index in [0.717, 1.165) is 63.6 Å². The lowest BCUT2D eigenvalue weighted by atomic mass is 9.99. The van der Waals surface area contributed by atoms with Gasteiger partial charge in [-0.2, -0.15) is 0 Å². The second-order valence-electron chi connectivity index (χ2n) is 8.84. The van der Waals surface area contributed by atoms with E-state index in [1.54, 1.807) is 0 Å². The summed E-state index contributed by atoms with van der Waals surface area (Å²) in [5.41, 5.74) is 0. The van der Waals surface area contributed by atoms with Crippen LogP contribution in [-0.4, -0.2) is 35.4 Å². The average Bonchev–Trinajstić information content (AvgIpc) is 2.62. The molecule has 0 aromatic rings. The molecular formula is C24H48Br2O3. The first-order valence-corrected chi connectivity index (χ1v) is 13.8. The summed E-state index contributed by atoms with van der Waals surface area (Å²) in [4.78, 5) is 1.17. The largest absolute Gasteiger partial charge is 0.353 e. The monoisotopic (exact) mass is 542 g/mol. The minimum absolute atomic E-state index is 0.148. The van der Waals surface area contributed by atoms with Gasteiger partial charge in [-0.25, -0.2) is 0 Å². The molecule has 0 aromatic heterocycles. The van der Waals surface area contributed by atoms with Crippen LogP contribution in [0.1, 0.15) is 106 Å². The first kappa shape index (κ1) is 29.8. The molecule has 29 heavy (non-hydrogen) atoms. The standard InChI is InChI=1S/C24H48Br2O3/c1-7-15-27-23(13-9-11-19(3)17-21(5)25)29-24(28-16-8-2)14-10-12-20(4)18-22(6)26/h19-24H,7-18H2,1-6H3. The Morgan fingerprint density at radius 1 is 0.621 bits per heavy atom. The number of hydrogen-bond acceptors (Lipinski definition) is 3. The molecule has 0 N–H and O–H groups in total. The third-order valence-corrected chi connectivity index (χ3v) is 5.79. The third-order valence-electron chi connectivity index (χ3n) is 5.05. The lowest BCUT2D eigenvalue weighted by molar-refractivity contribution is -0.250. The van der Waals surface area contributed by atoms with E-state index in [-0.39, 0.29) is 12.6 Å². The Bertz CT molecular complexity index is 321. The van der Waals surface area contributed by atoms with Gasteiger partial charge in [0.05, 0.1) is 0 Å². The van der Waals surface area contributed by atoms with Crippen molar-refractivity contribution in [1.29, 1.82) is 0 Å². The summed E-state index contributed by atoms with van der Waals surface area (Å²) < 4.78 is 18.4. The Morgan fingerprint density at radius 3 is 1.31 bits per heavy atom. The van der Waals surface area contributed by atoms with Crippen LogP contribution < -0.4 is 0 Å². The van der Waals surface area contributed by atoms with Gasteiger partial charge >= 0.3 is 0 Å². The van der Waals surface area contributed by atoms with Crippen molar-refractivity contribution in [3.8, 4) is 0 Å². The van der Waals surface area contributed by atoms with E-state index in [4.69, 9.17) is 14.2 Å². The SMILES string of the molecule is CCCOC(CCCC(C)CC(C)Br)OC(CCCC(C)CC(C)Br)OCCC. The second-order valence-corrected chi connectivity index (χ2v) is 12.0. The molecule has 0 saturated carbocycles. The quantitative estimate of drug-likeness (QED) is 0.114. The molecule has 176 valence electrons. The van der Waals surface area contributed by atoms with Crippen LogP contribution in [0.5, 0.6) is 0 Å². The molecule has 5 heteroatoms. The van der Waals surface area contributed by atoms with Crippen LogP contribution in [0.3, 0.4) is 0 Å². The lowest BCUT2D eigenvalue weighted by Gasteiger charge is -2.26. The van der Waals surface area contributed by atoms with Gasteiger partial charge in [0, 0.05) is 22.9 Å². The van der Waals surface area contributed by atoms with E-state index in [9.17, 15) is 0 Å². The number of ether oxygens (including phenoxy) is 3. The van der Waals surface area contributed by atoms with Crippen LogP contribution in [0.25, 0.3) is 0 Å². The molecule has 0 saturated heterocycles. The molecule has 0 aliphatic heterocycles. The van der Waals surface area contributed by atoms with Gasteiger partial charge in [-0.3, -0.25) is 0 Å². The third kappa shape index (κ3) is 19.3. The maximum atomic E-state index is 6.32. The molecule has 0 aromatic carbocycles. The van der Waals surface area contributed by atoms with Crippen LogP contribution in [-0.2, 0) is 14.2 Å². The molecule has 0 aliphatic rings. The summed E-state index contributed by atoms with van der Waals surface area (Å²) in [6.07, 6.45) is 10.8. The molecule has 3 nitrogen and oxygen atoms in total. The molecule has 0 radical (unpaired) electrons. The van der Waals surface area contributed by atoms with Crippen LogP contribution >= 0.6 is 31.9 Å². The summed E-state index contributed by atoms with van der Waals surface area (Å²) in [7, 11) is 0. The predicted molar refractivity (Wildman–Crippen MR) is 133 cm³/mol. The minimum atomic E-state index is -0.148. The Morgan fingerprint density at radius 2 is 1.00 bits per heavy atom. The molecule has 6 atom stereocenters. The molecule has 0 spiro atoms. The van der Waals surface area contributed by atoms with Gasteiger partial charge in [0.1, 0.15) is 0 Å². The van der Waals surface area contributed by atoms with E-state index in [1.165, 1.54) is 25.7 Å². The zero-order valence-corrected chi connectivity index (χ0v) is 23.1. The Kier molecular flexibility index (Phi) is 20.1. The first-order valence-electron chi connectivity index (χ1n) is 11.9. The highest BCUT2D eigenvalue weighted by Gasteiger charge is 2.19. The van der Waals surface area contributed by atoms with E-state index in [0.29, 0.717) is 9.65 Å². The smallest absolute Gasteiger partial charge is 0.160 e. The fourth-order valence-electron chi connectivity index (χ4n) is 3.66. The Labute approximate surface area is 198 Å². The summed E-state index contributed by atoms with van der Waals surface area (Å²) >= 11 is 7.33. The Hall–Kier alpha value is 0.840. The van der Waals surface area contributed by atoms with Gasteiger partial charge in [-0.05, 0) is 63.2 Å². The first-order chi connectivity index (χ1) is 13.8. The highest BCUT2D eigenvalue weighted by molar-refractivity contribution is 9.09. The van der Waals surface area contributed by atoms with Crippen molar-refractivity contribution >= 4 is 31.9 Å². The van der Waals surface area contributed by atoms with Gasteiger partial charge in [0.2, 0.25) is 0 Å². The van der Waals surface area contributed by atoms with Gasteiger partial charge in [-0.1, -0.05) is 86.2 Å². The maximum absolute atomic E-state index is 6.32. The van der Waals surface area contributed by atoms with E-state index < -0.39 is 0 Å². The van der Waals surface area contributed by atoms with Gasteiger partial charge in [0.15, 0.2) is 12.6 Å². The number of halogens is 2. The molecule has 0 bridgehead atoms. The zero-order valence-electron chi connectivity index (χ0n) is 19.9. The van der Waals surface area contributed by atoms with E-state index in [1.807, 2.05) is 0 Å². The molecule has 0 heterocycles. The highest BCUT2D eigenvalue weighted by Crippen LogP contribution is 2.22. The Balaban J connectivity index is 4.51. The molecule has 0 fully saturated rings. The second kappa shape index (κ2) is 19.5. The van der Waals surface area contributed by atoms with Crippen LogP contribution in [0.15, 0.2) is 0 Å². The highest BCUT2D eigenvalue weighted by atomic mass is 79.9. The molecular weight excluding hydrogens is 496 g/mol. The van der Waals surface area contributed by atoms with Crippen molar-refractivity contribution in [2.75, 3.05) is 13.2 Å². The molecule has 0 amide bonds. The maximum Gasteiger partial charge on any atom is 0.160 e. The van der Waals surface area contributed by atoms with Crippen molar-refractivity contribution in [3.63, 3.8) is 0 Å². The molecule has 0 aliphatic carbocycles. The van der Waals surface area contributed by atoms with Crippen LogP contribution in [0.4, 0.5) is 0 Å². The summed E-state index contributed by atoms with van der Waals surface area (Å²) in [6.45, 7) is 14.9. The van der Waals surface area contributed by atoms with Crippen LogP contribution in [0.2, 0.25) is 0 Å². The normalized spacial score (nSPS) is 18.2. The average molecular weight is 544 g/mol. The predicted octanol–water partition coefficient (Wildman–Crippen LogP) is 8.47. The summed E-state index contributed by atoms with van der Waals surface area (Å²) in [5, 5.41) is 0. The zero-order chi connectivity index (χ0) is 22.1.